The van der Waals surface area contributed by atoms with E-state index < -0.39 is 5.41 Å². The molecule has 0 N–H and O–H groups in total. The molecule has 0 aliphatic heterocycles. The van der Waals surface area contributed by atoms with Crippen LogP contribution >= 0.6 is 0 Å². The number of para-hydroxylation sites is 1. The quantitative estimate of drug-likeness (QED) is 0.174. The van der Waals surface area contributed by atoms with Crippen LogP contribution in [0.3, 0.4) is 0 Å². The number of benzene rings is 7. The minimum absolute atomic E-state index is 0.140. The molecular formula is C59H41N3O. The van der Waals surface area contributed by atoms with Gasteiger partial charge in [0.1, 0.15) is 11.2 Å². The smallest absolute Gasteiger partial charge is 0.164 e. The molecule has 298 valence electrons. The van der Waals surface area contributed by atoms with Gasteiger partial charge in [-0.15, -0.1) is 0 Å². The van der Waals surface area contributed by atoms with Crippen molar-refractivity contribution in [1.29, 1.82) is 0 Å². The average Bonchev–Trinajstić information content (AvgIpc) is 3.97. The highest BCUT2D eigenvalue weighted by atomic mass is 16.3. The highest BCUT2D eigenvalue weighted by Crippen LogP contribution is 2.65. The van der Waals surface area contributed by atoms with E-state index in [1.54, 1.807) is 0 Å². The molecule has 1 unspecified atom stereocenters. The Morgan fingerprint density at radius 2 is 1.06 bits per heavy atom. The number of aromatic nitrogens is 3. The molecular weight excluding hydrogens is 767 g/mol. The van der Waals surface area contributed by atoms with E-state index >= 15 is 0 Å². The average molecular weight is 808 g/mol. The normalized spacial score (nSPS) is 17.8. The number of furan rings is 1. The van der Waals surface area contributed by atoms with Gasteiger partial charge in [0.15, 0.2) is 17.5 Å². The van der Waals surface area contributed by atoms with Crippen molar-refractivity contribution in [3.05, 3.63) is 245 Å². The fourth-order valence-corrected chi connectivity index (χ4v) is 10.4. The van der Waals surface area contributed by atoms with E-state index in [0.717, 1.165) is 44.2 Å². The van der Waals surface area contributed by atoms with Crippen LogP contribution < -0.4 is 0 Å². The third-order valence-corrected chi connectivity index (χ3v) is 13.1. The highest BCUT2D eigenvalue weighted by Gasteiger charge is 2.54. The number of hydrogen-bond acceptors (Lipinski definition) is 4. The molecule has 12 rings (SSSR count). The lowest BCUT2D eigenvalue weighted by atomic mass is 9.67. The Balaban J connectivity index is 0.961. The lowest BCUT2D eigenvalue weighted by Gasteiger charge is -2.34. The monoisotopic (exact) mass is 807 g/mol. The van der Waals surface area contributed by atoms with E-state index in [4.69, 9.17) is 19.4 Å². The third-order valence-electron chi connectivity index (χ3n) is 13.1. The van der Waals surface area contributed by atoms with E-state index in [1.807, 2.05) is 60.7 Å². The Morgan fingerprint density at radius 1 is 0.508 bits per heavy atom. The van der Waals surface area contributed by atoms with E-state index in [9.17, 15) is 0 Å². The van der Waals surface area contributed by atoms with Gasteiger partial charge in [-0.25, -0.2) is 15.0 Å². The summed E-state index contributed by atoms with van der Waals surface area (Å²) in [5.41, 5.74) is 18.2. The predicted molar refractivity (Wildman–Crippen MR) is 258 cm³/mol. The maximum absolute atomic E-state index is 6.26. The predicted octanol–water partition coefficient (Wildman–Crippen LogP) is 14.6. The topological polar surface area (TPSA) is 51.8 Å². The molecule has 0 amide bonds. The standard InChI is InChI=1S/C59H41N3O/c1-3-4-19-46-45-22-10-14-27-51(45)59(49-25-12-8-20-43(49)44-21-9-13-26-50(44)59)55(46)42-35-34-41(36-37(42)2)38-30-32-40(33-31-38)57-60-56(39-17-6-5-7-18-39)61-58(62-57)48-24-16-29-53-54(48)47-23-11-15-28-52(47)63-53/h3-37H,1-2H3/b4-3-,46-19+,55-42-. The zero-order valence-corrected chi connectivity index (χ0v) is 35.0. The van der Waals surface area contributed by atoms with E-state index in [1.165, 1.54) is 55.7 Å². The van der Waals surface area contributed by atoms with Crippen LogP contribution in [-0.2, 0) is 5.41 Å². The summed E-state index contributed by atoms with van der Waals surface area (Å²) in [7, 11) is 0. The number of rotatable bonds is 5. The zero-order chi connectivity index (χ0) is 42.1. The van der Waals surface area contributed by atoms with Crippen molar-refractivity contribution in [2.45, 2.75) is 19.3 Å². The van der Waals surface area contributed by atoms with E-state index in [2.05, 4.69) is 159 Å². The second-order valence-electron chi connectivity index (χ2n) is 16.6. The van der Waals surface area contributed by atoms with Gasteiger partial charge in [-0.2, -0.15) is 0 Å². The lowest BCUT2D eigenvalue weighted by molar-refractivity contribution is 0.669. The molecule has 0 saturated heterocycles. The Bertz CT molecular complexity index is 3430. The lowest BCUT2D eigenvalue weighted by Crippen LogP contribution is -2.28. The summed E-state index contributed by atoms with van der Waals surface area (Å²) in [6.45, 7) is 4.44. The third kappa shape index (κ3) is 5.65. The van der Waals surface area contributed by atoms with Gasteiger partial charge >= 0.3 is 0 Å². The van der Waals surface area contributed by atoms with Gasteiger partial charge in [0.05, 0.1) is 5.41 Å². The van der Waals surface area contributed by atoms with Gasteiger partial charge in [-0.3, -0.25) is 0 Å². The number of hydrogen-bond donors (Lipinski definition) is 0. The van der Waals surface area contributed by atoms with Gasteiger partial charge in [0.25, 0.3) is 0 Å². The summed E-state index contributed by atoms with van der Waals surface area (Å²) >= 11 is 0. The van der Waals surface area contributed by atoms with Crippen LogP contribution in [0.25, 0.3) is 78.4 Å². The van der Waals surface area contributed by atoms with Crippen molar-refractivity contribution in [2.75, 3.05) is 0 Å². The maximum atomic E-state index is 6.26. The largest absolute Gasteiger partial charge is 0.456 e. The molecule has 2 heterocycles. The molecule has 2 aromatic heterocycles. The van der Waals surface area contributed by atoms with Crippen LogP contribution in [0.15, 0.2) is 222 Å². The van der Waals surface area contributed by atoms with Crippen LogP contribution in [0.1, 0.15) is 41.7 Å². The maximum Gasteiger partial charge on any atom is 0.164 e. The second kappa shape index (κ2) is 14.6. The highest BCUT2D eigenvalue weighted by molar-refractivity contribution is 6.12. The Morgan fingerprint density at radius 3 is 1.76 bits per heavy atom. The molecule has 0 bridgehead atoms. The summed E-state index contributed by atoms with van der Waals surface area (Å²) in [6.07, 6.45) is 13.8. The zero-order valence-electron chi connectivity index (χ0n) is 35.0. The van der Waals surface area contributed by atoms with Crippen molar-refractivity contribution >= 4 is 33.1 Å². The minimum Gasteiger partial charge on any atom is -0.456 e. The van der Waals surface area contributed by atoms with Crippen LogP contribution in [0, 0.1) is 5.92 Å². The second-order valence-corrected chi connectivity index (χ2v) is 16.6. The van der Waals surface area contributed by atoms with Gasteiger partial charge in [-0.1, -0.05) is 201 Å². The molecule has 0 saturated carbocycles. The molecule has 9 aromatic rings. The van der Waals surface area contributed by atoms with Crippen molar-refractivity contribution in [1.82, 2.24) is 15.0 Å². The molecule has 0 radical (unpaired) electrons. The first kappa shape index (κ1) is 36.9. The SMILES string of the molecule is C\C=C/C=C1/C(=C2\C=CC(c3ccc(-c4nc(-c5ccccc5)nc(-c5cccc6oc7ccccc7c56)n4)cc3)=CC2C)C2(c3ccccc31)c1ccccc1-c1ccccc12. The summed E-state index contributed by atoms with van der Waals surface area (Å²) in [4.78, 5) is 15.3. The number of nitrogens with zero attached hydrogens (tertiary/aromatic N) is 3. The number of allylic oxidation sites excluding steroid dienone is 10. The van der Waals surface area contributed by atoms with Gasteiger partial charge in [0.2, 0.25) is 0 Å². The van der Waals surface area contributed by atoms with Crippen LogP contribution in [0.2, 0.25) is 0 Å². The molecule has 3 aliphatic carbocycles. The first-order valence-corrected chi connectivity index (χ1v) is 21.7. The van der Waals surface area contributed by atoms with Crippen molar-refractivity contribution in [3.63, 3.8) is 0 Å². The van der Waals surface area contributed by atoms with Crippen LogP contribution in [-0.4, -0.2) is 15.0 Å². The van der Waals surface area contributed by atoms with Crippen molar-refractivity contribution < 1.29 is 4.42 Å². The molecule has 1 spiro atoms. The molecule has 3 aliphatic rings. The summed E-state index contributed by atoms with van der Waals surface area (Å²) < 4.78 is 6.26. The summed E-state index contributed by atoms with van der Waals surface area (Å²) in [5.74, 6) is 1.99. The first-order valence-electron chi connectivity index (χ1n) is 21.7. The van der Waals surface area contributed by atoms with Crippen LogP contribution in [0.4, 0.5) is 0 Å². The van der Waals surface area contributed by atoms with E-state index in [-0.39, 0.29) is 5.92 Å². The van der Waals surface area contributed by atoms with E-state index in [0.29, 0.717) is 17.5 Å². The number of fused-ring (bicyclic) bond motifs is 10. The molecule has 63 heavy (non-hydrogen) atoms. The van der Waals surface area contributed by atoms with Gasteiger partial charge in [0, 0.05) is 33.4 Å². The fourth-order valence-electron chi connectivity index (χ4n) is 10.4. The van der Waals surface area contributed by atoms with Crippen molar-refractivity contribution in [3.8, 4) is 45.3 Å². The molecule has 4 heteroatoms. The Hall–Kier alpha value is -7.95. The van der Waals surface area contributed by atoms with Crippen LogP contribution in [0.5, 0.6) is 0 Å². The first-order chi connectivity index (χ1) is 31.1. The van der Waals surface area contributed by atoms with Gasteiger partial charge in [-0.05, 0) is 80.3 Å². The minimum atomic E-state index is -0.434. The molecule has 1 atom stereocenters. The Kier molecular flexibility index (Phi) is 8.55. The van der Waals surface area contributed by atoms with Gasteiger partial charge < -0.3 is 4.42 Å². The molecule has 4 nitrogen and oxygen atoms in total. The molecule has 0 fully saturated rings. The molecule has 7 aromatic carbocycles. The summed E-state index contributed by atoms with van der Waals surface area (Å²) in [5, 5.41) is 2.03. The Labute approximate surface area is 366 Å². The summed E-state index contributed by atoms with van der Waals surface area (Å²) in [6, 6.07) is 60.1. The fraction of sp³-hybridized carbons (Fsp3) is 0.0678. The van der Waals surface area contributed by atoms with Crippen molar-refractivity contribution in [2.24, 2.45) is 5.92 Å².